The van der Waals surface area contributed by atoms with Crippen molar-refractivity contribution in [1.29, 1.82) is 0 Å². The van der Waals surface area contributed by atoms with E-state index in [1.807, 2.05) is 6.92 Å². The van der Waals surface area contributed by atoms with E-state index in [0.717, 1.165) is 13.2 Å². The summed E-state index contributed by atoms with van der Waals surface area (Å²) in [6, 6.07) is 0. The largest absolute Gasteiger partial charge is 0.505 e. The maximum Gasteiger partial charge on any atom is 0.505 e. The highest BCUT2D eigenvalue weighted by Crippen LogP contribution is 2.30. The Morgan fingerprint density at radius 3 is 2.00 bits per heavy atom. The van der Waals surface area contributed by atoms with Crippen LogP contribution in [0.15, 0.2) is 0 Å². The molecule has 0 saturated carbocycles. The Hall–Kier alpha value is -0.0631. The smallest absolute Gasteiger partial charge is 0.377 e. The lowest BCUT2D eigenvalue weighted by Crippen LogP contribution is -2.52. The fourth-order valence-electron chi connectivity index (χ4n) is 2.25. The van der Waals surface area contributed by atoms with Gasteiger partial charge in [0.1, 0.15) is 12.2 Å². The highest BCUT2D eigenvalue weighted by Gasteiger charge is 2.49. The first-order chi connectivity index (χ1) is 10.1. The molecular weight excluding hydrogens is 296 g/mol. The minimum Gasteiger partial charge on any atom is -0.377 e. The summed E-state index contributed by atoms with van der Waals surface area (Å²) >= 11 is 0. The second-order valence-electron chi connectivity index (χ2n) is 5.32. The van der Waals surface area contributed by atoms with Gasteiger partial charge in [0.2, 0.25) is 0 Å². The molecule has 124 valence electrons. The molecule has 21 heavy (non-hydrogen) atoms. The number of hydrogen-bond donors (Lipinski definition) is 0. The molecule has 2 aliphatic heterocycles. The first-order valence-electron chi connectivity index (χ1n) is 7.23. The van der Waals surface area contributed by atoms with Gasteiger partial charge in [-0.1, -0.05) is 6.92 Å². The molecule has 0 radical (unpaired) electrons. The van der Waals surface area contributed by atoms with Crippen molar-refractivity contribution in [3.63, 3.8) is 0 Å². The van der Waals surface area contributed by atoms with E-state index >= 15 is 0 Å². The van der Waals surface area contributed by atoms with Crippen LogP contribution in [0.4, 0.5) is 0 Å². The van der Waals surface area contributed by atoms with Crippen LogP contribution in [0.25, 0.3) is 0 Å². The summed E-state index contributed by atoms with van der Waals surface area (Å²) < 4.78 is 38.6. The van der Waals surface area contributed by atoms with Crippen molar-refractivity contribution < 1.29 is 32.2 Å². The first kappa shape index (κ1) is 17.3. The molecule has 0 aromatic heterocycles. The maximum absolute atomic E-state index is 5.95. The normalized spacial score (nSPS) is 27.4. The van der Waals surface area contributed by atoms with Gasteiger partial charge in [0.15, 0.2) is 0 Å². The zero-order chi connectivity index (χ0) is 15.3. The molecule has 2 aliphatic rings. The molecule has 4 atom stereocenters. The molecule has 2 rings (SSSR count). The lowest BCUT2D eigenvalue weighted by atomic mass is 10.3. The van der Waals surface area contributed by atoms with Gasteiger partial charge in [0.25, 0.3) is 0 Å². The maximum atomic E-state index is 5.95. The third-order valence-electron chi connectivity index (χ3n) is 3.86. The van der Waals surface area contributed by atoms with E-state index in [9.17, 15) is 0 Å². The fraction of sp³-hybridized carbons (Fsp3) is 1.00. The van der Waals surface area contributed by atoms with E-state index in [0.29, 0.717) is 19.8 Å². The van der Waals surface area contributed by atoms with Gasteiger partial charge in [-0.3, -0.25) is 0 Å². The van der Waals surface area contributed by atoms with Crippen LogP contribution in [0.2, 0.25) is 5.54 Å². The van der Waals surface area contributed by atoms with E-state index in [-0.39, 0.29) is 23.9 Å². The predicted octanol–water partition coefficient (Wildman–Crippen LogP) is 0.454. The molecule has 2 heterocycles. The van der Waals surface area contributed by atoms with E-state index in [2.05, 4.69) is 0 Å². The Kier molecular flexibility index (Phi) is 6.57. The second-order valence-corrected chi connectivity index (χ2v) is 8.67. The summed E-state index contributed by atoms with van der Waals surface area (Å²) in [5, 5.41) is 0. The molecule has 7 nitrogen and oxygen atoms in total. The summed E-state index contributed by atoms with van der Waals surface area (Å²) in [6.45, 7) is 5.16. The highest BCUT2D eigenvalue weighted by molar-refractivity contribution is 6.62. The molecule has 2 fully saturated rings. The fourth-order valence-corrected chi connectivity index (χ4v) is 4.51. The number of rotatable bonds is 12. The van der Waals surface area contributed by atoms with Crippen LogP contribution in [0.3, 0.4) is 0 Å². The zero-order valence-corrected chi connectivity index (χ0v) is 14.2. The van der Waals surface area contributed by atoms with Gasteiger partial charge in [-0.15, -0.1) is 0 Å². The third kappa shape index (κ3) is 4.97. The molecule has 0 spiro atoms. The SMILES string of the molecule is CO[Si](OC)(OC)C(C)C(COCC1CO1)OCC1CO1. The van der Waals surface area contributed by atoms with Crippen LogP contribution in [0, 0.1) is 0 Å². The lowest BCUT2D eigenvalue weighted by Gasteiger charge is -2.34. The molecule has 0 bridgehead atoms. The quantitative estimate of drug-likeness (QED) is 0.382. The Morgan fingerprint density at radius 1 is 1.00 bits per heavy atom. The summed E-state index contributed by atoms with van der Waals surface area (Å²) in [7, 11) is 2.05. The standard InChI is InChI=1S/C13H26O7Si/c1-10(21(14-2,15-3)16-4)13(20-8-12-7-19-12)9-17-5-11-6-18-11/h10-13H,5-9H2,1-4H3. The van der Waals surface area contributed by atoms with Gasteiger partial charge >= 0.3 is 8.80 Å². The van der Waals surface area contributed by atoms with Crippen LogP contribution in [0.5, 0.6) is 0 Å². The van der Waals surface area contributed by atoms with Gasteiger partial charge in [0, 0.05) is 21.3 Å². The van der Waals surface area contributed by atoms with Crippen molar-refractivity contribution in [1.82, 2.24) is 0 Å². The minimum atomic E-state index is -2.77. The molecule has 4 unspecified atom stereocenters. The van der Waals surface area contributed by atoms with Crippen molar-refractivity contribution in [2.75, 3.05) is 54.4 Å². The monoisotopic (exact) mass is 322 g/mol. The molecule has 0 aliphatic carbocycles. The number of ether oxygens (including phenoxy) is 4. The Balaban J connectivity index is 1.88. The average molecular weight is 322 g/mol. The molecule has 0 amide bonds. The topological polar surface area (TPSA) is 71.2 Å². The van der Waals surface area contributed by atoms with Crippen LogP contribution in [-0.2, 0) is 32.2 Å². The van der Waals surface area contributed by atoms with Crippen LogP contribution >= 0.6 is 0 Å². The van der Waals surface area contributed by atoms with Gasteiger partial charge in [-0.2, -0.15) is 0 Å². The lowest BCUT2D eigenvalue weighted by molar-refractivity contribution is -0.0391. The van der Waals surface area contributed by atoms with Crippen molar-refractivity contribution >= 4 is 8.80 Å². The Labute approximate surface area is 127 Å². The van der Waals surface area contributed by atoms with E-state index in [1.54, 1.807) is 21.3 Å². The minimum absolute atomic E-state index is 0.0450. The molecular formula is C13H26O7Si. The van der Waals surface area contributed by atoms with Gasteiger partial charge in [0.05, 0.1) is 44.7 Å². The Bertz CT molecular complexity index is 297. The molecule has 8 heteroatoms. The van der Waals surface area contributed by atoms with Crippen molar-refractivity contribution in [3.05, 3.63) is 0 Å². The number of epoxide rings is 2. The third-order valence-corrected chi connectivity index (χ3v) is 7.05. The molecule has 0 aromatic carbocycles. The van der Waals surface area contributed by atoms with Crippen molar-refractivity contribution in [2.24, 2.45) is 0 Å². The van der Waals surface area contributed by atoms with E-state index in [4.69, 9.17) is 32.2 Å². The summed E-state index contributed by atoms with van der Waals surface area (Å²) in [6.07, 6.45) is 0.275. The van der Waals surface area contributed by atoms with Gasteiger partial charge in [-0.25, -0.2) is 0 Å². The van der Waals surface area contributed by atoms with Crippen molar-refractivity contribution in [3.8, 4) is 0 Å². The van der Waals surface area contributed by atoms with Gasteiger partial charge < -0.3 is 32.2 Å². The highest BCUT2D eigenvalue weighted by atomic mass is 28.4. The molecule has 0 N–H and O–H groups in total. The van der Waals surface area contributed by atoms with E-state index in [1.165, 1.54) is 0 Å². The van der Waals surface area contributed by atoms with Crippen molar-refractivity contribution in [2.45, 2.75) is 30.8 Å². The summed E-state index contributed by atoms with van der Waals surface area (Å²) in [5.41, 5.74) is -0.0450. The molecule has 0 aromatic rings. The summed E-state index contributed by atoms with van der Waals surface area (Å²) in [4.78, 5) is 0. The van der Waals surface area contributed by atoms with Crippen LogP contribution < -0.4 is 0 Å². The van der Waals surface area contributed by atoms with Crippen LogP contribution in [0.1, 0.15) is 6.92 Å². The predicted molar refractivity (Wildman–Crippen MR) is 76.2 cm³/mol. The first-order valence-corrected chi connectivity index (χ1v) is 9.03. The van der Waals surface area contributed by atoms with Crippen LogP contribution in [-0.4, -0.2) is 81.5 Å². The zero-order valence-electron chi connectivity index (χ0n) is 13.2. The average Bonchev–Trinajstić information content (AvgIpc) is 3.39. The Morgan fingerprint density at radius 2 is 1.52 bits per heavy atom. The van der Waals surface area contributed by atoms with Gasteiger partial charge in [-0.05, 0) is 0 Å². The number of hydrogen-bond acceptors (Lipinski definition) is 7. The summed E-state index contributed by atoms with van der Waals surface area (Å²) in [5.74, 6) is 0. The van der Waals surface area contributed by atoms with E-state index < -0.39 is 8.80 Å². The molecule has 2 saturated heterocycles. The second kappa shape index (κ2) is 7.98.